The molecule has 12 rings (SSSR count). The molecular formula is C59H39NO. The minimum Gasteiger partial charge on any atom is -0.456 e. The molecule has 0 saturated heterocycles. The van der Waals surface area contributed by atoms with E-state index in [1.54, 1.807) is 0 Å². The highest BCUT2D eigenvalue weighted by atomic mass is 16.3. The number of para-hydroxylation sites is 1. The van der Waals surface area contributed by atoms with E-state index in [1.807, 2.05) is 0 Å². The van der Waals surface area contributed by atoms with Gasteiger partial charge in [0.15, 0.2) is 0 Å². The van der Waals surface area contributed by atoms with Gasteiger partial charge in [-0.25, -0.2) is 0 Å². The van der Waals surface area contributed by atoms with Crippen LogP contribution in [0.1, 0.15) is 22.6 Å². The molecule has 2 nitrogen and oxygen atoms in total. The van der Waals surface area contributed by atoms with Crippen molar-refractivity contribution in [3.05, 3.63) is 247 Å². The first kappa shape index (κ1) is 35.0. The van der Waals surface area contributed by atoms with Crippen LogP contribution in [0.4, 0.5) is 17.1 Å². The van der Waals surface area contributed by atoms with Crippen LogP contribution in [0.2, 0.25) is 0 Å². The Morgan fingerprint density at radius 2 is 0.885 bits per heavy atom. The SMILES string of the molecule is c1ccc(-c2ccc(-c3ccc(N(c4ccccc4)c4cccc5c4ccc4oc6cccc(-c7ccc8c(c7)C(c7ccccc7)c7ccccc7-8)c6c45)cc3)cc2)cc1. The van der Waals surface area contributed by atoms with Crippen LogP contribution in [0.25, 0.3) is 77.2 Å². The minimum atomic E-state index is 0.175. The van der Waals surface area contributed by atoms with Crippen molar-refractivity contribution in [3.63, 3.8) is 0 Å². The molecule has 11 aromatic rings. The monoisotopic (exact) mass is 777 g/mol. The number of nitrogens with zero attached hydrogens (tertiary/aromatic N) is 1. The second-order valence-corrected chi connectivity index (χ2v) is 16.0. The second-order valence-electron chi connectivity index (χ2n) is 16.0. The molecule has 286 valence electrons. The van der Waals surface area contributed by atoms with Gasteiger partial charge in [0.2, 0.25) is 0 Å². The van der Waals surface area contributed by atoms with Crippen molar-refractivity contribution in [1.29, 1.82) is 0 Å². The van der Waals surface area contributed by atoms with Crippen LogP contribution >= 0.6 is 0 Å². The standard InChI is InChI=1S/C59H39NO/c1-4-14-39(15-5-1)40-26-28-41(29-27-40)42-30-33-46(34-31-42)60(45-18-8-3-9-19-45)54-24-12-23-52-50(54)36-37-56-59(52)58-47(22-13-25-55(58)61-56)44-32-35-49-48-20-10-11-21-51(48)57(53(49)38-44)43-16-6-2-7-17-43/h1-38,57H. The summed E-state index contributed by atoms with van der Waals surface area (Å²) in [7, 11) is 0. The summed E-state index contributed by atoms with van der Waals surface area (Å²) in [5.74, 6) is 0.175. The lowest BCUT2D eigenvalue weighted by Gasteiger charge is -2.27. The third-order valence-corrected chi connectivity index (χ3v) is 12.6. The number of fused-ring (bicyclic) bond motifs is 8. The van der Waals surface area contributed by atoms with E-state index in [2.05, 4.69) is 235 Å². The summed E-state index contributed by atoms with van der Waals surface area (Å²) in [6.07, 6.45) is 0. The van der Waals surface area contributed by atoms with Gasteiger partial charge < -0.3 is 9.32 Å². The Morgan fingerprint density at radius 1 is 0.328 bits per heavy atom. The van der Waals surface area contributed by atoms with Gasteiger partial charge in [0.05, 0.1) is 5.69 Å². The predicted molar refractivity (Wildman–Crippen MR) is 255 cm³/mol. The van der Waals surface area contributed by atoms with Gasteiger partial charge in [0.1, 0.15) is 11.2 Å². The highest BCUT2D eigenvalue weighted by Gasteiger charge is 2.30. The molecule has 0 spiro atoms. The average molecular weight is 778 g/mol. The van der Waals surface area contributed by atoms with E-state index in [0.29, 0.717) is 0 Å². The van der Waals surface area contributed by atoms with Crippen LogP contribution in [-0.2, 0) is 0 Å². The van der Waals surface area contributed by atoms with Gasteiger partial charge in [-0.05, 0) is 121 Å². The number of furan rings is 1. The smallest absolute Gasteiger partial charge is 0.136 e. The van der Waals surface area contributed by atoms with E-state index >= 15 is 0 Å². The van der Waals surface area contributed by atoms with E-state index < -0.39 is 0 Å². The number of rotatable bonds is 7. The number of benzene rings is 10. The molecular weight excluding hydrogens is 739 g/mol. The lowest BCUT2D eigenvalue weighted by atomic mass is 9.87. The first-order valence-electron chi connectivity index (χ1n) is 21.0. The summed E-state index contributed by atoms with van der Waals surface area (Å²) in [6, 6.07) is 83.4. The Bertz CT molecular complexity index is 3390. The van der Waals surface area contributed by atoms with Gasteiger partial charge in [0.25, 0.3) is 0 Å². The zero-order valence-corrected chi connectivity index (χ0v) is 33.4. The first-order valence-corrected chi connectivity index (χ1v) is 21.0. The van der Waals surface area contributed by atoms with Gasteiger partial charge in [0, 0.05) is 33.5 Å². The third-order valence-electron chi connectivity index (χ3n) is 12.6. The Kier molecular flexibility index (Phi) is 8.28. The molecule has 1 aromatic heterocycles. The molecule has 0 aliphatic heterocycles. The van der Waals surface area contributed by atoms with E-state index in [9.17, 15) is 0 Å². The quantitative estimate of drug-likeness (QED) is 0.160. The van der Waals surface area contributed by atoms with Crippen LogP contribution < -0.4 is 4.90 Å². The van der Waals surface area contributed by atoms with Gasteiger partial charge >= 0.3 is 0 Å². The maximum absolute atomic E-state index is 6.70. The molecule has 61 heavy (non-hydrogen) atoms. The Labute approximate surface area is 355 Å². The predicted octanol–water partition coefficient (Wildman–Crippen LogP) is 16.4. The topological polar surface area (TPSA) is 16.4 Å². The fourth-order valence-electron chi connectivity index (χ4n) is 9.77. The van der Waals surface area contributed by atoms with Gasteiger partial charge in [-0.1, -0.05) is 176 Å². The Morgan fingerprint density at radius 3 is 1.64 bits per heavy atom. The molecule has 1 atom stereocenters. The van der Waals surface area contributed by atoms with Crippen LogP contribution in [0.3, 0.4) is 0 Å². The van der Waals surface area contributed by atoms with E-state index in [1.165, 1.54) is 61.2 Å². The largest absolute Gasteiger partial charge is 0.456 e. The maximum atomic E-state index is 6.70. The van der Waals surface area contributed by atoms with E-state index in [4.69, 9.17) is 4.42 Å². The van der Waals surface area contributed by atoms with Crippen LogP contribution in [0, 0.1) is 0 Å². The third kappa shape index (κ3) is 5.87. The molecule has 0 saturated carbocycles. The molecule has 0 N–H and O–H groups in total. The lowest BCUT2D eigenvalue weighted by Crippen LogP contribution is -2.10. The van der Waals surface area contributed by atoms with Crippen molar-refractivity contribution in [3.8, 4) is 44.5 Å². The Hall–Kier alpha value is -7.94. The summed E-state index contributed by atoms with van der Waals surface area (Å²) in [4.78, 5) is 2.38. The van der Waals surface area contributed by atoms with Crippen LogP contribution in [0.15, 0.2) is 235 Å². The van der Waals surface area contributed by atoms with Crippen molar-refractivity contribution < 1.29 is 4.42 Å². The summed E-state index contributed by atoms with van der Waals surface area (Å²) in [5.41, 5.74) is 18.9. The first-order chi connectivity index (χ1) is 30.3. The molecule has 0 radical (unpaired) electrons. The van der Waals surface area contributed by atoms with Crippen LogP contribution in [-0.4, -0.2) is 0 Å². The zero-order chi connectivity index (χ0) is 40.3. The number of hydrogen-bond acceptors (Lipinski definition) is 2. The molecule has 1 unspecified atom stereocenters. The van der Waals surface area contributed by atoms with E-state index in [-0.39, 0.29) is 5.92 Å². The molecule has 0 fully saturated rings. The fourth-order valence-corrected chi connectivity index (χ4v) is 9.77. The Balaban J connectivity index is 0.985. The van der Waals surface area contributed by atoms with Crippen LogP contribution in [0.5, 0.6) is 0 Å². The molecule has 1 aliphatic rings. The fraction of sp³-hybridized carbons (Fsp3) is 0.0169. The summed E-state index contributed by atoms with van der Waals surface area (Å²) in [5, 5.41) is 4.59. The lowest BCUT2D eigenvalue weighted by molar-refractivity contribution is 0.669. The molecule has 1 aliphatic carbocycles. The van der Waals surface area contributed by atoms with E-state index in [0.717, 1.165) is 49.8 Å². The maximum Gasteiger partial charge on any atom is 0.136 e. The summed E-state index contributed by atoms with van der Waals surface area (Å²) < 4.78 is 6.70. The summed E-state index contributed by atoms with van der Waals surface area (Å²) in [6.45, 7) is 0. The van der Waals surface area contributed by atoms with Gasteiger partial charge in [-0.15, -0.1) is 0 Å². The van der Waals surface area contributed by atoms with Crippen molar-refractivity contribution in [2.45, 2.75) is 5.92 Å². The summed E-state index contributed by atoms with van der Waals surface area (Å²) >= 11 is 0. The van der Waals surface area contributed by atoms with Crippen molar-refractivity contribution in [2.75, 3.05) is 4.90 Å². The van der Waals surface area contributed by atoms with Gasteiger partial charge in [-0.3, -0.25) is 0 Å². The molecule has 0 amide bonds. The average Bonchev–Trinajstić information content (AvgIpc) is 3.89. The normalized spacial score (nSPS) is 13.1. The van der Waals surface area contributed by atoms with Crippen molar-refractivity contribution >= 4 is 49.8 Å². The minimum absolute atomic E-state index is 0.175. The van der Waals surface area contributed by atoms with Crippen molar-refractivity contribution in [1.82, 2.24) is 0 Å². The molecule has 2 heteroatoms. The van der Waals surface area contributed by atoms with Gasteiger partial charge in [-0.2, -0.15) is 0 Å². The zero-order valence-electron chi connectivity index (χ0n) is 33.4. The highest BCUT2D eigenvalue weighted by molar-refractivity contribution is 6.24. The molecule has 1 heterocycles. The second kappa shape index (κ2) is 14.4. The molecule has 10 aromatic carbocycles. The number of hydrogen-bond donors (Lipinski definition) is 0. The van der Waals surface area contributed by atoms with Crippen molar-refractivity contribution in [2.24, 2.45) is 0 Å². The highest BCUT2D eigenvalue weighted by Crippen LogP contribution is 2.50. The number of anilines is 3. The molecule has 0 bridgehead atoms.